The van der Waals surface area contributed by atoms with Crippen LogP contribution in [0.3, 0.4) is 0 Å². The lowest BCUT2D eigenvalue weighted by Crippen LogP contribution is -2.21. The van der Waals surface area contributed by atoms with Crippen molar-refractivity contribution in [3.8, 4) is 0 Å². The minimum absolute atomic E-state index is 0.0851. The van der Waals surface area contributed by atoms with Crippen LogP contribution in [-0.4, -0.2) is 23.2 Å². The van der Waals surface area contributed by atoms with E-state index in [1.165, 1.54) is 23.3 Å². The Balaban J connectivity index is 2.47. The van der Waals surface area contributed by atoms with Crippen LogP contribution in [0.25, 0.3) is 0 Å². The Kier molecular flexibility index (Phi) is 2.72. The van der Waals surface area contributed by atoms with Crippen molar-refractivity contribution in [3.63, 3.8) is 0 Å². The molecule has 0 saturated carbocycles. The zero-order valence-electron chi connectivity index (χ0n) is 9.05. The predicted molar refractivity (Wildman–Crippen MR) is 56.8 cm³/mol. The molecule has 0 saturated heterocycles. The van der Waals surface area contributed by atoms with Crippen molar-refractivity contribution in [3.05, 3.63) is 47.1 Å². The third-order valence-corrected chi connectivity index (χ3v) is 2.54. The summed E-state index contributed by atoms with van der Waals surface area (Å²) < 4.78 is 13.1. The molecule has 1 aromatic rings. The average molecular weight is 238 g/mol. The van der Waals surface area contributed by atoms with E-state index in [1.807, 2.05) is 0 Å². The van der Waals surface area contributed by atoms with Crippen molar-refractivity contribution in [2.45, 2.75) is 6.04 Å². The van der Waals surface area contributed by atoms with Crippen LogP contribution in [0.2, 0.25) is 0 Å². The molecule has 0 aromatic heterocycles. The molecule has 0 aliphatic carbocycles. The standard InChI is InChI=1S/C11H11FN2O3/c1-14-9(6-3-2-4-7(12)5-6)8(11(15)16)10(13)17-14/h2-5,9H,13H2,1H3,(H,15,16). The molecular weight excluding hydrogens is 227 g/mol. The van der Waals surface area contributed by atoms with Crippen molar-refractivity contribution in [2.75, 3.05) is 7.05 Å². The number of carbonyl (C=O) groups is 1. The van der Waals surface area contributed by atoms with Crippen LogP contribution in [0.15, 0.2) is 35.7 Å². The molecule has 1 unspecified atom stereocenters. The number of benzene rings is 1. The number of carboxylic acids is 1. The Bertz CT molecular complexity index is 501. The van der Waals surface area contributed by atoms with Gasteiger partial charge in [-0.2, -0.15) is 0 Å². The summed E-state index contributed by atoms with van der Waals surface area (Å²) in [5.74, 6) is -1.79. The first-order chi connectivity index (χ1) is 8.00. The molecule has 17 heavy (non-hydrogen) atoms. The van der Waals surface area contributed by atoms with E-state index in [0.29, 0.717) is 5.56 Å². The van der Waals surface area contributed by atoms with Crippen molar-refractivity contribution in [2.24, 2.45) is 5.73 Å². The van der Waals surface area contributed by atoms with Gasteiger partial charge in [-0.05, 0) is 17.7 Å². The normalized spacial score (nSPS) is 20.5. The largest absolute Gasteiger partial charge is 0.478 e. The van der Waals surface area contributed by atoms with E-state index in [2.05, 4.69) is 0 Å². The number of halogens is 1. The smallest absolute Gasteiger partial charge is 0.339 e. The monoisotopic (exact) mass is 238 g/mol. The predicted octanol–water partition coefficient (Wildman–Crippen LogP) is 0.999. The van der Waals surface area contributed by atoms with E-state index >= 15 is 0 Å². The van der Waals surface area contributed by atoms with Gasteiger partial charge in [0.25, 0.3) is 0 Å². The highest BCUT2D eigenvalue weighted by Gasteiger charge is 2.37. The number of hydroxylamine groups is 2. The molecule has 0 radical (unpaired) electrons. The molecule has 1 heterocycles. The lowest BCUT2D eigenvalue weighted by Gasteiger charge is -2.19. The van der Waals surface area contributed by atoms with E-state index in [0.717, 1.165) is 0 Å². The summed E-state index contributed by atoms with van der Waals surface area (Å²) in [5, 5.41) is 10.3. The van der Waals surface area contributed by atoms with E-state index in [9.17, 15) is 9.18 Å². The Morgan fingerprint density at radius 2 is 2.29 bits per heavy atom. The van der Waals surface area contributed by atoms with Gasteiger partial charge in [0.2, 0.25) is 5.88 Å². The van der Waals surface area contributed by atoms with Crippen LogP contribution in [0.4, 0.5) is 4.39 Å². The SMILES string of the molecule is CN1OC(N)=C(C(=O)O)C1c1cccc(F)c1. The van der Waals surface area contributed by atoms with Gasteiger partial charge in [-0.1, -0.05) is 12.1 Å². The average Bonchev–Trinajstić information content (AvgIpc) is 2.53. The molecular formula is C11H11FN2O3. The first kappa shape index (κ1) is 11.4. The van der Waals surface area contributed by atoms with Gasteiger partial charge in [0.05, 0.1) is 0 Å². The number of nitrogens with two attached hydrogens (primary N) is 1. The van der Waals surface area contributed by atoms with Gasteiger partial charge in [-0.25, -0.2) is 9.18 Å². The highest BCUT2D eigenvalue weighted by molar-refractivity contribution is 5.89. The van der Waals surface area contributed by atoms with Gasteiger partial charge < -0.3 is 15.7 Å². The fourth-order valence-electron chi connectivity index (χ4n) is 1.85. The minimum atomic E-state index is -1.18. The van der Waals surface area contributed by atoms with Crippen LogP contribution < -0.4 is 5.73 Å². The van der Waals surface area contributed by atoms with Gasteiger partial charge >= 0.3 is 5.97 Å². The third kappa shape index (κ3) is 1.94. The molecule has 5 nitrogen and oxygen atoms in total. The van der Waals surface area contributed by atoms with Gasteiger partial charge in [0.1, 0.15) is 17.4 Å². The van der Waals surface area contributed by atoms with E-state index in [4.69, 9.17) is 15.7 Å². The number of rotatable bonds is 2. The first-order valence-corrected chi connectivity index (χ1v) is 4.90. The number of hydrogen-bond donors (Lipinski definition) is 2. The minimum Gasteiger partial charge on any atom is -0.478 e. The Hall–Kier alpha value is -2.08. The molecule has 0 fully saturated rings. The molecule has 0 spiro atoms. The molecule has 0 bridgehead atoms. The second-order valence-corrected chi connectivity index (χ2v) is 3.68. The topological polar surface area (TPSA) is 75.8 Å². The fourth-order valence-corrected chi connectivity index (χ4v) is 1.85. The summed E-state index contributed by atoms with van der Waals surface area (Å²) in [7, 11) is 1.54. The molecule has 1 aromatic carbocycles. The van der Waals surface area contributed by atoms with Crippen molar-refractivity contribution in [1.82, 2.24) is 5.06 Å². The summed E-state index contributed by atoms with van der Waals surface area (Å²) in [6, 6.07) is 4.96. The van der Waals surface area contributed by atoms with Crippen molar-refractivity contribution >= 4 is 5.97 Å². The molecule has 6 heteroatoms. The van der Waals surface area contributed by atoms with Gasteiger partial charge in [0.15, 0.2) is 0 Å². The Morgan fingerprint density at radius 3 is 2.88 bits per heavy atom. The number of likely N-dealkylation sites (N-methyl/N-ethyl adjacent to an activating group) is 1. The van der Waals surface area contributed by atoms with E-state index in [1.54, 1.807) is 13.1 Å². The van der Waals surface area contributed by atoms with Gasteiger partial charge in [0, 0.05) is 7.05 Å². The molecule has 2 rings (SSSR count). The van der Waals surface area contributed by atoms with Crippen LogP contribution in [0.5, 0.6) is 0 Å². The third-order valence-electron chi connectivity index (χ3n) is 2.54. The van der Waals surface area contributed by atoms with Crippen LogP contribution in [0, 0.1) is 5.82 Å². The number of carboxylic acid groups (broad SMARTS) is 1. The van der Waals surface area contributed by atoms with Crippen molar-refractivity contribution in [1.29, 1.82) is 0 Å². The summed E-state index contributed by atoms with van der Waals surface area (Å²) in [5.41, 5.74) is 5.87. The maximum atomic E-state index is 13.1. The highest BCUT2D eigenvalue weighted by atomic mass is 19.1. The molecule has 1 aliphatic heterocycles. The molecule has 3 N–H and O–H groups in total. The number of aliphatic carboxylic acids is 1. The van der Waals surface area contributed by atoms with Crippen LogP contribution in [-0.2, 0) is 9.63 Å². The summed E-state index contributed by atoms with van der Waals surface area (Å²) >= 11 is 0. The zero-order valence-corrected chi connectivity index (χ0v) is 9.05. The second kappa shape index (κ2) is 4.06. The highest BCUT2D eigenvalue weighted by Crippen LogP contribution is 2.35. The molecule has 1 aliphatic rings. The Morgan fingerprint density at radius 1 is 1.59 bits per heavy atom. The lowest BCUT2D eigenvalue weighted by atomic mass is 9.99. The van der Waals surface area contributed by atoms with Crippen molar-refractivity contribution < 1.29 is 19.1 Å². The fraction of sp³-hybridized carbons (Fsp3) is 0.182. The van der Waals surface area contributed by atoms with E-state index < -0.39 is 17.8 Å². The maximum Gasteiger partial charge on any atom is 0.339 e. The molecule has 1 atom stereocenters. The zero-order chi connectivity index (χ0) is 12.6. The van der Waals surface area contributed by atoms with Gasteiger partial charge in [-0.15, -0.1) is 5.06 Å². The van der Waals surface area contributed by atoms with E-state index in [-0.39, 0.29) is 11.5 Å². The Labute approximate surface area is 96.8 Å². The number of hydrogen-bond acceptors (Lipinski definition) is 4. The summed E-state index contributed by atoms with van der Waals surface area (Å²) in [6.07, 6.45) is 0. The maximum absolute atomic E-state index is 13.1. The quantitative estimate of drug-likeness (QED) is 0.803. The van der Waals surface area contributed by atoms with Crippen LogP contribution in [0.1, 0.15) is 11.6 Å². The van der Waals surface area contributed by atoms with Gasteiger partial charge in [-0.3, -0.25) is 0 Å². The second-order valence-electron chi connectivity index (χ2n) is 3.68. The first-order valence-electron chi connectivity index (χ1n) is 4.90. The summed E-state index contributed by atoms with van der Waals surface area (Å²) in [6.45, 7) is 0. The number of nitrogens with zero attached hydrogens (tertiary/aromatic N) is 1. The lowest BCUT2D eigenvalue weighted by molar-refractivity contribution is -0.134. The van der Waals surface area contributed by atoms with Crippen LogP contribution >= 0.6 is 0 Å². The molecule has 0 amide bonds. The summed E-state index contributed by atoms with van der Waals surface area (Å²) in [4.78, 5) is 16.1. The molecule has 90 valence electrons.